The summed E-state index contributed by atoms with van der Waals surface area (Å²) in [5, 5.41) is 0. The number of phosphoric acid groups is 1. The third-order valence-corrected chi connectivity index (χ3v) is 11.4. The van der Waals surface area contributed by atoms with Crippen LogP contribution < -0.4 is 5.73 Å². The van der Waals surface area contributed by atoms with Crippen molar-refractivity contribution in [2.75, 3.05) is 26.4 Å². The average Bonchev–Trinajstić information content (AvgIpc) is 3.30. The number of hydrogen-bond donors (Lipinski definition) is 2. The highest BCUT2D eigenvalue weighted by Crippen LogP contribution is 2.43. The molecule has 0 aliphatic carbocycles. The molecule has 2 atom stereocenters. The van der Waals surface area contributed by atoms with Crippen LogP contribution in [0, 0.1) is 0 Å². The van der Waals surface area contributed by atoms with Crippen molar-refractivity contribution in [3.05, 3.63) is 97.2 Å². The highest BCUT2D eigenvalue weighted by atomic mass is 31.2. The lowest BCUT2D eigenvalue weighted by atomic mass is 10.0. The van der Waals surface area contributed by atoms with E-state index in [1.807, 2.05) is 0 Å². The molecule has 0 heterocycles. The van der Waals surface area contributed by atoms with Crippen LogP contribution in [0.4, 0.5) is 0 Å². The number of esters is 2. The SMILES string of the molecule is CC/C=C\C/C=C\C/C=C\C/C=C\CCCCCCCCCCCCCCCCC(=O)OC(COC(=O)CCCCCC/C=C\C/C=C\C/C=C\C/C=C\CC)COP(=O)(O)OCCN. The standard InChI is InChI=1S/C55H94NO8P/c1-3-5-7-9-11-13-15-17-19-21-22-23-24-25-26-27-28-29-30-32-34-36-38-40-42-44-46-48-55(58)64-53(52-63-65(59,60)62-50-49-56)51-61-54(57)47-45-43-41-39-37-35-33-31-20-18-16-14-12-10-8-6-4-2/h5-8,11-14,17-20,22-23,33,35,53H,3-4,9-10,15-16,21,24-32,34,36-52,56H2,1-2H3,(H,59,60)/b7-5-,8-6-,13-11-,14-12-,19-17-,20-18-,23-22-,35-33-. The van der Waals surface area contributed by atoms with E-state index in [1.165, 1.54) is 70.6 Å². The number of unbranched alkanes of at least 4 members (excludes halogenated alkanes) is 18. The summed E-state index contributed by atoms with van der Waals surface area (Å²) in [7, 11) is -4.39. The lowest BCUT2D eigenvalue weighted by Gasteiger charge is -2.19. The lowest BCUT2D eigenvalue weighted by molar-refractivity contribution is -0.161. The molecule has 0 radical (unpaired) electrons. The van der Waals surface area contributed by atoms with Gasteiger partial charge in [-0.3, -0.25) is 18.6 Å². The molecule has 0 aliphatic heterocycles. The first-order valence-corrected chi connectivity index (χ1v) is 27.2. The largest absolute Gasteiger partial charge is 0.472 e. The predicted molar refractivity (Wildman–Crippen MR) is 275 cm³/mol. The normalized spacial score (nSPS) is 14.0. The van der Waals surface area contributed by atoms with Crippen molar-refractivity contribution >= 4 is 19.8 Å². The smallest absolute Gasteiger partial charge is 0.462 e. The maximum atomic E-state index is 12.7. The number of nitrogens with two attached hydrogens (primary N) is 1. The molecule has 2 unspecified atom stereocenters. The number of phosphoric ester groups is 1. The van der Waals surface area contributed by atoms with E-state index < -0.39 is 32.5 Å². The summed E-state index contributed by atoms with van der Waals surface area (Å²) >= 11 is 0. The van der Waals surface area contributed by atoms with Crippen molar-refractivity contribution in [3.8, 4) is 0 Å². The highest BCUT2D eigenvalue weighted by Gasteiger charge is 2.26. The molecule has 10 heteroatoms. The van der Waals surface area contributed by atoms with Crippen LogP contribution in [0.3, 0.4) is 0 Å². The summed E-state index contributed by atoms with van der Waals surface area (Å²) in [5.41, 5.74) is 5.37. The summed E-state index contributed by atoms with van der Waals surface area (Å²) in [5.74, 6) is -0.860. The molecule has 0 aromatic rings. The molecule has 65 heavy (non-hydrogen) atoms. The Morgan fingerprint density at radius 2 is 0.800 bits per heavy atom. The molecule has 0 aromatic carbocycles. The fourth-order valence-electron chi connectivity index (χ4n) is 6.73. The Morgan fingerprint density at radius 1 is 0.462 bits per heavy atom. The second-order valence-corrected chi connectivity index (χ2v) is 18.1. The van der Waals surface area contributed by atoms with Crippen molar-refractivity contribution in [2.45, 2.75) is 213 Å². The van der Waals surface area contributed by atoms with E-state index >= 15 is 0 Å². The lowest BCUT2D eigenvalue weighted by Crippen LogP contribution is -2.29. The second-order valence-electron chi connectivity index (χ2n) is 16.6. The summed E-state index contributed by atoms with van der Waals surface area (Å²) in [6.45, 7) is 3.48. The minimum absolute atomic E-state index is 0.0453. The Labute approximate surface area is 397 Å². The Balaban J connectivity index is 4.05. The first-order valence-electron chi connectivity index (χ1n) is 25.7. The molecule has 0 fully saturated rings. The third kappa shape index (κ3) is 50.2. The van der Waals surface area contributed by atoms with Crippen LogP contribution in [-0.4, -0.2) is 49.3 Å². The monoisotopic (exact) mass is 928 g/mol. The predicted octanol–water partition coefficient (Wildman–Crippen LogP) is 15.7. The molecule has 0 spiro atoms. The van der Waals surface area contributed by atoms with E-state index in [9.17, 15) is 19.0 Å². The van der Waals surface area contributed by atoms with E-state index in [0.29, 0.717) is 12.8 Å². The van der Waals surface area contributed by atoms with E-state index in [4.69, 9.17) is 24.3 Å². The molecule has 0 bridgehead atoms. The van der Waals surface area contributed by atoms with Gasteiger partial charge in [0.25, 0.3) is 0 Å². The van der Waals surface area contributed by atoms with Gasteiger partial charge in [-0.1, -0.05) is 201 Å². The van der Waals surface area contributed by atoms with E-state index in [-0.39, 0.29) is 32.6 Å². The zero-order chi connectivity index (χ0) is 47.4. The third-order valence-electron chi connectivity index (χ3n) is 10.5. The molecular weight excluding hydrogens is 834 g/mol. The van der Waals surface area contributed by atoms with Crippen LogP contribution >= 0.6 is 7.82 Å². The number of allylic oxidation sites excluding steroid dienone is 16. The van der Waals surface area contributed by atoms with Crippen LogP contribution in [0.5, 0.6) is 0 Å². The first-order chi connectivity index (χ1) is 31.8. The van der Waals surface area contributed by atoms with E-state index in [1.54, 1.807) is 0 Å². The number of ether oxygens (including phenoxy) is 2. The summed E-state index contributed by atoms with van der Waals surface area (Å²) < 4.78 is 32.9. The van der Waals surface area contributed by atoms with Gasteiger partial charge in [0.15, 0.2) is 6.10 Å². The van der Waals surface area contributed by atoms with Crippen molar-refractivity contribution in [1.82, 2.24) is 0 Å². The average molecular weight is 928 g/mol. The van der Waals surface area contributed by atoms with Crippen LogP contribution in [0.15, 0.2) is 97.2 Å². The molecule has 0 aromatic heterocycles. The Kier molecular flexibility index (Phi) is 48.0. The maximum Gasteiger partial charge on any atom is 0.472 e. The van der Waals surface area contributed by atoms with Gasteiger partial charge in [0.05, 0.1) is 13.2 Å². The quantitative estimate of drug-likeness (QED) is 0.0265. The van der Waals surface area contributed by atoms with Gasteiger partial charge in [-0.2, -0.15) is 0 Å². The second kappa shape index (κ2) is 50.3. The minimum Gasteiger partial charge on any atom is -0.462 e. The van der Waals surface area contributed by atoms with Gasteiger partial charge in [0.1, 0.15) is 6.61 Å². The Morgan fingerprint density at radius 3 is 1.18 bits per heavy atom. The number of carbonyl (C=O) groups excluding carboxylic acids is 2. The van der Waals surface area contributed by atoms with Gasteiger partial charge < -0.3 is 20.1 Å². The first kappa shape index (κ1) is 61.9. The summed E-state index contributed by atoms with van der Waals surface area (Å²) in [6.07, 6.45) is 65.9. The molecule has 0 saturated heterocycles. The fourth-order valence-corrected chi connectivity index (χ4v) is 7.50. The maximum absolute atomic E-state index is 12.7. The van der Waals surface area contributed by atoms with Crippen molar-refractivity contribution < 1.29 is 37.6 Å². The van der Waals surface area contributed by atoms with Gasteiger partial charge in [-0.15, -0.1) is 0 Å². The topological polar surface area (TPSA) is 134 Å². The summed E-state index contributed by atoms with van der Waals surface area (Å²) in [6, 6.07) is 0. The molecule has 3 N–H and O–H groups in total. The molecular formula is C55H94NO8P. The zero-order valence-electron chi connectivity index (χ0n) is 41.2. The van der Waals surface area contributed by atoms with Crippen LogP contribution in [0.2, 0.25) is 0 Å². The number of rotatable bonds is 47. The number of carbonyl (C=O) groups is 2. The van der Waals surface area contributed by atoms with Gasteiger partial charge >= 0.3 is 19.8 Å². The van der Waals surface area contributed by atoms with Gasteiger partial charge in [0.2, 0.25) is 0 Å². The molecule has 9 nitrogen and oxygen atoms in total. The summed E-state index contributed by atoms with van der Waals surface area (Å²) in [4.78, 5) is 35.1. The Hall–Kier alpha value is -3.07. The van der Waals surface area contributed by atoms with Crippen molar-refractivity contribution in [1.29, 1.82) is 0 Å². The highest BCUT2D eigenvalue weighted by molar-refractivity contribution is 7.47. The zero-order valence-corrected chi connectivity index (χ0v) is 42.1. The molecule has 0 rings (SSSR count). The molecule has 0 aliphatic rings. The van der Waals surface area contributed by atoms with Crippen LogP contribution in [-0.2, 0) is 32.7 Å². The van der Waals surface area contributed by atoms with Gasteiger partial charge in [0, 0.05) is 19.4 Å². The number of hydrogen-bond acceptors (Lipinski definition) is 8. The van der Waals surface area contributed by atoms with E-state index in [0.717, 1.165) is 96.3 Å². The van der Waals surface area contributed by atoms with Gasteiger partial charge in [-0.25, -0.2) is 4.57 Å². The van der Waals surface area contributed by atoms with Crippen molar-refractivity contribution in [3.63, 3.8) is 0 Å². The van der Waals surface area contributed by atoms with Crippen molar-refractivity contribution in [2.24, 2.45) is 5.73 Å². The minimum atomic E-state index is -4.39. The van der Waals surface area contributed by atoms with Crippen LogP contribution in [0.25, 0.3) is 0 Å². The molecule has 0 amide bonds. The molecule has 372 valence electrons. The van der Waals surface area contributed by atoms with E-state index in [2.05, 4.69) is 111 Å². The Bertz CT molecular complexity index is 1380. The fraction of sp³-hybridized carbons (Fsp3) is 0.673. The molecule has 0 saturated carbocycles. The van der Waals surface area contributed by atoms with Gasteiger partial charge in [-0.05, 0) is 89.9 Å². The van der Waals surface area contributed by atoms with Crippen LogP contribution in [0.1, 0.15) is 206 Å².